The molecule has 0 aliphatic heterocycles. The monoisotopic (exact) mass is 311 g/mol. The zero-order valence-electron chi connectivity index (χ0n) is 11.8. The molecule has 0 saturated heterocycles. The molecule has 0 aliphatic carbocycles. The Kier molecular flexibility index (Phi) is 4.30. The van der Waals surface area contributed by atoms with Gasteiger partial charge in [-0.3, -0.25) is 9.78 Å². The number of carbonyl (C=O) groups excluding carboxylic acids is 1. The normalized spacial score (nSPS) is 10.6. The first-order valence-electron chi connectivity index (χ1n) is 6.91. The summed E-state index contributed by atoms with van der Waals surface area (Å²) in [7, 11) is 0. The van der Waals surface area contributed by atoms with E-state index in [1.807, 2.05) is 36.4 Å². The standard InChI is InChI=1S/C17H14ClN3O/c18-16-11-19-15(9-20-16)10-21-17(22)8-12-5-6-13-3-1-2-4-14(13)7-12/h1-7,9,11H,8,10H2,(H,21,22). The summed E-state index contributed by atoms with van der Waals surface area (Å²) in [6.07, 6.45) is 3.36. The third-order valence-corrected chi connectivity index (χ3v) is 3.51. The number of carbonyl (C=O) groups is 1. The molecule has 0 fully saturated rings. The number of hydrogen-bond acceptors (Lipinski definition) is 3. The Balaban J connectivity index is 1.61. The second-order valence-electron chi connectivity index (χ2n) is 4.97. The van der Waals surface area contributed by atoms with Crippen molar-refractivity contribution < 1.29 is 4.79 Å². The van der Waals surface area contributed by atoms with E-state index in [1.54, 1.807) is 6.20 Å². The van der Waals surface area contributed by atoms with Crippen LogP contribution < -0.4 is 5.32 Å². The van der Waals surface area contributed by atoms with Gasteiger partial charge in [-0.25, -0.2) is 4.98 Å². The highest BCUT2D eigenvalue weighted by atomic mass is 35.5. The summed E-state index contributed by atoms with van der Waals surface area (Å²) in [5.74, 6) is -0.0490. The van der Waals surface area contributed by atoms with E-state index in [0.29, 0.717) is 23.8 Å². The minimum Gasteiger partial charge on any atom is -0.350 e. The van der Waals surface area contributed by atoms with Gasteiger partial charge in [-0.05, 0) is 16.3 Å². The molecule has 0 atom stereocenters. The molecule has 1 N–H and O–H groups in total. The first kappa shape index (κ1) is 14.5. The molecule has 110 valence electrons. The fourth-order valence-electron chi connectivity index (χ4n) is 2.22. The number of hydrogen-bond donors (Lipinski definition) is 1. The largest absolute Gasteiger partial charge is 0.350 e. The summed E-state index contributed by atoms with van der Waals surface area (Å²) in [6.45, 7) is 0.344. The van der Waals surface area contributed by atoms with Crippen LogP contribution in [0.25, 0.3) is 10.8 Å². The maximum atomic E-state index is 12.0. The number of rotatable bonds is 4. The molecule has 2 aromatic carbocycles. The second-order valence-corrected chi connectivity index (χ2v) is 5.35. The fraction of sp³-hybridized carbons (Fsp3) is 0.118. The van der Waals surface area contributed by atoms with Gasteiger partial charge in [0.15, 0.2) is 0 Å². The highest BCUT2D eigenvalue weighted by Crippen LogP contribution is 2.15. The van der Waals surface area contributed by atoms with Gasteiger partial charge in [-0.15, -0.1) is 0 Å². The van der Waals surface area contributed by atoms with Gasteiger partial charge in [-0.1, -0.05) is 54.1 Å². The first-order valence-corrected chi connectivity index (χ1v) is 7.29. The van der Waals surface area contributed by atoms with Crippen LogP contribution in [0.15, 0.2) is 54.9 Å². The molecule has 1 aromatic heterocycles. The number of halogens is 1. The zero-order chi connectivity index (χ0) is 15.4. The van der Waals surface area contributed by atoms with Crippen LogP contribution in [0, 0.1) is 0 Å². The highest BCUT2D eigenvalue weighted by molar-refractivity contribution is 6.29. The van der Waals surface area contributed by atoms with Crippen molar-refractivity contribution in [2.75, 3.05) is 0 Å². The predicted octanol–water partition coefficient (Wildman–Crippen LogP) is 3.14. The predicted molar refractivity (Wildman–Crippen MR) is 86.5 cm³/mol. The van der Waals surface area contributed by atoms with Crippen molar-refractivity contribution in [3.63, 3.8) is 0 Å². The fourth-order valence-corrected chi connectivity index (χ4v) is 2.31. The van der Waals surface area contributed by atoms with E-state index in [-0.39, 0.29) is 5.91 Å². The molecule has 1 heterocycles. The van der Waals surface area contributed by atoms with E-state index in [0.717, 1.165) is 10.9 Å². The van der Waals surface area contributed by atoms with Crippen LogP contribution in [0.3, 0.4) is 0 Å². The third kappa shape index (κ3) is 3.59. The van der Waals surface area contributed by atoms with Crippen molar-refractivity contribution in [1.82, 2.24) is 15.3 Å². The molecule has 0 bridgehead atoms. The lowest BCUT2D eigenvalue weighted by molar-refractivity contribution is -0.120. The number of benzene rings is 2. The van der Waals surface area contributed by atoms with Gasteiger partial charge in [0.1, 0.15) is 5.15 Å². The molecule has 0 spiro atoms. The zero-order valence-corrected chi connectivity index (χ0v) is 12.5. The van der Waals surface area contributed by atoms with Gasteiger partial charge in [0, 0.05) is 0 Å². The Morgan fingerprint density at radius 2 is 1.86 bits per heavy atom. The number of nitrogens with zero attached hydrogens (tertiary/aromatic N) is 2. The highest BCUT2D eigenvalue weighted by Gasteiger charge is 2.05. The van der Waals surface area contributed by atoms with Crippen LogP contribution in [0.2, 0.25) is 5.15 Å². The van der Waals surface area contributed by atoms with E-state index in [1.165, 1.54) is 11.6 Å². The van der Waals surface area contributed by atoms with Crippen LogP contribution in [0.1, 0.15) is 11.3 Å². The summed E-state index contributed by atoms with van der Waals surface area (Å²) in [5.41, 5.74) is 1.66. The number of aromatic nitrogens is 2. The maximum Gasteiger partial charge on any atom is 0.224 e. The SMILES string of the molecule is O=C(Cc1ccc2ccccc2c1)NCc1cnc(Cl)cn1. The molecule has 1 amide bonds. The average molecular weight is 312 g/mol. The van der Waals surface area contributed by atoms with Crippen LogP contribution >= 0.6 is 11.6 Å². The Morgan fingerprint density at radius 3 is 2.64 bits per heavy atom. The van der Waals surface area contributed by atoms with E-state index in [2.05, 4.69) is 21.4 Å². The molecular formula is C17H14ClN3O. The molecule has 0 aliphatic rings. The first-order chi connectivity index (χ1) is 10.7. The van der Waals surface area contributed by atoms with Crippen molar-refractivity contribution in [2.24, 2.45) is 0 Å². The third-order valence-electron chi connectivity index (χ3n) is 3.32. The Morgan fingerprint density at radius 1 is 1.05 bits per heavy atom. The van der Waals surface area contributed by atoms with Gasteiger partial charge in [0.25, 0.3) is 0 Å². The smallest absolute Gasteiger partial charge is 0.224 e. The van der Waals surface area contributed by atoms with Crippen molar-refractivity contribution in [3.8, 4) is 0 Å². The Hall–Kier alpha value is -2.46. The Bertz CT molecular complexity index is 802. The number of nitrogens with one attached hydrogen (secondary N) is 1. The number of fused-ring (bicyclic) bond motifs is 1. The van der Waals surface area contributed by atoms with Gasteiger partial charge >= 0.3 is 0 Å². The minimum absolute atomic E-state index is 0.0490. The van der Waals surface area contributed by atoms with Crippen molar-refractivity contribution >= 4 is 28.3 Å². The molecule has 0 unspecified atom stereocenters. The summed E-state index contributed by atoms with van der Waals surface area (Å²) in [4.78, 5) is 20.0. The molecule has 4 nitrogen and oxygen atoms in total. The van der Waals surface area contributed by atoms with Gasteiger partial charge in [-0.2, -0.15) is 0 Å². The van der Waals surface area contributed by atoms with Crippen LogP contribution in [0.4, 0.5) is 0 Å². The molecule has 0 saturated carbocycles. The summed E-state index contributed by atoms with van der Waals surface area (Å²) >= 11 is 5.67. The topological polar surface area (TPSA) is 54.9 Å². The van der Waals surface area contributed by atoms with Crippen LogP contribution in [0.5, 0.6) is 0 Å². The second kappa shape index (κ2) is 6.54. The lowest BCUT2D eigenvalue weighted by atomic mass is 10.0. The van der Waals surface area contributed by atoms with Crippen molar-refractivity contribution in [3.05, 3.63) is 71.3 Å². The van der Waals surface area contributed by atoms with Gasteiger partial charge < -0.3 is 5.32 Å². The average Bonchev–Trinajstić information content (AvgIpc) is 2.54. The molecule has 3 aromatic rings. The van der Waals surface area contributed by atoms with E-state index in [9.17, 15) is 4.79 Å². The molecular weight excluding hydrogens is 298 g/mol. The van der Waals surface area contributed by atoms with Gasteiger partial charge in [0.05, 0.1) is 31.1 Å². The van der Waals surface area contributed by atoms with E-state index in [4.69, 9.17) is 11.6 Å². The summed E-state index contributed by atoms with van der Waals surface area (Å²) in [6, 6.07) is 14.1. The maximum absolute atomic E-state index is 12.0. The lowest BCUT2D eigenvalue weighted by Crippen LogP contribution is -2.25. The molecule has 0 radical (unpaired) electrons. The van der Waals surface area contributed by atoms with Crippen molar-refractivity contribution in [2.45, 2.75) is 13.0 Å². The van der Waals surface area contributed by atoms with Gasteiger partial charge in [0.2, 0.25) is 5.91 Å². The lowest BCUT2D eigenvalue weighted by Gasteiger charge is -2.06. The van der Waals surface area contributed by atoms with E-state index >= 15 is 0 Å². The van der Waals surface area contributed by atoms with Crippen molar-refractivity contribution in [1.29, 1.82) is 0 Å². The summed E-state index contributed by atoms with van der Waals surface area (Å²) in [5, 5.41) is 5.47. The van der Waals surface area contributed by atoms with Crippen LogP contribution in [-0.2, 0) is 17.8 Å². The number of amides is 1. The molecule has 3 rings (SSSR count). The Labute approximate surface area is 133 Å². The quantitative estimate of drug-likeness (QED) is 0.805. The minimum atomic E-state index is -0.0490. The summed E-state index contributed by atoms with van der Waals surface area (Å²) < 4.78 is 0. The molecule has 22 heavy (non-hydrogen) atoms. The molecule has 5 heteroatoms. The van der Waals surface area contributed by atoms with Crippen LogP contribution in [-0.4, -0.2) is 15.9 Å². The van der Waals surface area contributed by atoms with E-state index < -0.39 is 0 Å².